The maximum atomic E-state index is 12.0. The third-order valence-electron chi connectivity index (χ3n) is 3.45. The van der Waals surface area contributed by atoms with Gasteiger partial charge in [-0.05, 0) is 23.3 Å². The molecule has 0 saturated heterocycles. The molecule has 0 aromatic carbocycles. The zero-order valence-corrected chi connectivity index (χ0v) is 11.4. The van der Waals surface area contributed by atoms with Gasteiger partial charge in [-0.3, -0.25) is 4.79 Å². The molecule has 1 aromatic rings. The largest absolute Gasteiger partial charge is 0.391 e. The molecule has 2 N–H and O–H groups in total. The van der Waals surface area contributed by atoms with Crippen LogP contribution in [0.25, 0.3) is 0 Å². The number of aromatic nitrogens is 4. The van der Waals surface area contributed by atoms with Gasteiger partial charge >= 0.3 is 0 Å². The molecule has 1 aromatic heterocycles. The van der Waals surface area contributed by atoms with Gasteiger partial charge in [0.1, 0.15) is 6.54 Å². The number of carbonyl (C=O) groups is 1. The second-order valence-corrected chi connectivity index (χ2v) is 5.38. The maximum absolute atomic E-state index is 12.0. The Labute approximate surface area is 112 Å². The number of amides is 1. The van der Waals surface area contributed by atoms with Crippen molar-refractivity contribution in [3.05, 3.63) is 5.82 Å². The highest BCUT2D eigenvalue weighted by molar-refractivity contribution is 5.76. The first-order valence-corrected chi connectivity index (χ1v) is 6.81. The van der Waals surface area contributed by atoms with Crippen LogP contribution in [0.4, 0.5) is 0 Å². The van der Waals surface area contributed by atoms with Gasteiger partial charge in [0.05, 0.1) is 12.1 Å². The van der Waals surface area contributed by atoms with E-state index in [1.54, 1.807) is 0 Å². The number of aliphatic hydroxyl groups excluding tert-OH is 1. The minimum Gasteiger partial charge on any atom is -0.391 e. The second kappa shape index (κ2) is 6.10. The van der Waals surface area contributed by atoms with Crippen LogP contribution >= 0.6 is 0 Å². The number of rotatable bonds is 4. The molecule has 19 heavy (non-hydrogen) atoms. The van der Waals surface area contributed by atoms with Crippen LogP contribution in [0.2, 0.25) is 0 Å². The number of carbonyl (C=O) groups excluding carboxylic acids is 1. The van der Waals surface area contributed by atoms with E-state index >= 15 is 0 Å². The molecule has 2 atom stereocenters. The fourth-order valence-electron chi connectivity index (χ4n) is 2.41. The third kappa shape index (κ3) is 3.50. The van der Waals surface area contributed by atoms with Crippen LogP contribution in [0.5, 0.6) is 0 Å². The maximum Gasteiger partial charge on any atom is 0.242 e. The summed E-state index contributed by atoms with van der Waals surface area (Å²) in [6.07, 6.45) is 3.23. The van der Waals surface area contributed by atoms with Gasteiger partial charge < -0.3 is 10.4 Å². The molecule has 0 spiro atoms. The SMILES string of the molecule is CC(C)c1nnnn1CC(=O)NC1CCCCC1O. The minimum atomic E-state index is -0.434. The molecule has 0 aliphatic heterocycles. The molecule has 1 heterocycles. The van der Waals surface area contributed by atoms with Crippen molar-refractivity contribution in [2.75, 3.05) is 0 Å². The Kier molecular flexibility index (Phi) is 4.47. The summed E-state index contributed by atoms with van der Waals surface area (Å²) in [5.74, 6) is 0.711. The number of tetrazole rings is 1. The van der Waals surface area contributed by atoms with Gasteiger partial charge in [-0.15, -0.1) is 5.10 Å². The lowest BCUT2D eigenvalue weighted by Gasteiger charge is -2.28. The van der Waals surface area contributed by atoms with Gasteiger partial charge in [0.15, 0.2) is 5.82 Å². The van der Waals surface area contributed by atoms with Crippen molar-refractivity contribution in [2.45, 2.75) is 64.1 Å². The third-order valence-corrected chi connectivity index (χ3v) is 3.45. The highest BCUT2D eigenvalue weighted by atomic mass is 16.3. The van der Waals surface area contributed by atoms with E-state index in [0.717, 1.165) is 25.7 Å². The molecule has 1 aliphatic rings. The van der Waals surface area contributed by atoms with Crippen molar-refractivity contribution in [1.29, 1.82) is 0 Å². The van der Waals surface area contributed by atoms with E-state index in [0.29, 0.717) is 5.82 Å². The highest BCUT2D eigenvalue weighted by Gasteiger charge is 2.25. The monoisotopic (exact) mass is 267 g/mol. The number of nitrogens with one attached hydrogen (secondary N) is 1. The van der Waals surface area contributed by atoms with Crippen LogP contribution in [0, 0.1) is 0 Å². The van der Waals surface area contributed by atoms with E-state index in [2.05, 4.69) is 20.8 Å². The van der Waals surface area contributed by atoms with Gasteiger partial charge in [0.25, 0.3) is 0 Å². The van der Waals surface area contributed by atoms with E-state index in [1.165, 1.54) is 4.68 Å². The summed E-state index contributed by atoms with van der Waals surface area (Å²) in [5, 5.41) is 24.0. The quantitative estimate of drug-likeness (QED) is 0.814. The molecule has 1 amide bonds. The first kappa shape index (κ1) is 13.9. The van der Waals surface area contributed by atoms with Crippen molar-refractivity contribution < 1.29 is 9.90 Å². The first-order chi connectivity index (χ1) is 9.08. The number of nitrogens with zero attached hydrogens (tertiary/aromatic N) is 4. The molecule has 0 radical (unpaired) electrons. The van der Waals surface area contributed by atoms with E-state index in [1.807, 2.05) is 13.8 Å². The smallest absolute Gasteiger partial charge is 0.242 e. The second-order valence-electron chi connectivity index (χ2n) is 5.38. The van der Waals surface area contributed by atoms with Gasteiger partial charge in [-0.25, -0.2) is 4.68 Å². The van der Waals surface area contributed by atoms with Crippen molar-refractivity contribution in [1.82, 2.24) is 25.5 Å². The van der Waals surface area contributed by atoms with Crippen LogP contribution in [-0.4, -0.2) is 43.4 Å². The molecule has 1 fully saturated rings. The molecule has 7 heteroatoms. The Morgan fingerprint density at radius 2 is 2.21 bits per heavy atom. The molecule has 0 bridgehead atoms. The zero-order valence-electron chi connectivity index (χ0n) is 11.4. The number of hydrogen-bond acceptors (Lipinski definition) is 5. The topological polar surface area (TPSA) is 92.9 Å². The number of hydrogen-bond donors (Lipinski definition) is 2. The Bertz CT molecular complexity index is 432. The normalized spacial score (nSPS) is 23.6. The fraction of sp³-hybridized carbons (Fsp3) is 0.833. The lowest BCUT2D eigenvalue weighted by molar-refractivity contribution is -0.123. The van der Waals surface area contributed by atoms with Crippen LogP contribution in [0.3, 0.4) is 0 Å². The first-order valence-electron chi connectivity index (χ1n) is 6.81. The van der Waals surface area contributed by atoms with Crippen molar-refractivity contribution >= 4 is 5.91 Å². The van der Waals surface area contributed by atoms with Crippen LogP contribution < -0.4 is 5.32 Å². The van der Waals surface area contributed by atoms with Crippen molar-refractivity contribution in [2.24, 2.45) is 0 Å². The standard InChI is InChI=1S/C12H21N5O2/c1-8(2)12-14-15-16-17(12)7-11(19)13-9-5-3-4-6-10(9)18/h8-10,18H,3-7H2,1-2H3,(H,13,19). The van der Waals surface area contributed by atoms with E-state index in [9.17, 15) is 9.90 Å². The summed E-state index contributed by atoms with van der Waals surface area (Å²) in [4.78, 5) is 12.0. The number of aliphatic hydroxyl groups is 1. The summed E-state index contributed by atoms with van der Waals surface area (Å²) >= 11 is 0. The Hall–Kier alpha value is -1.50. The van der Waals surface area contributed by atoms with Crippen LogP contribution in [0.1, 0.15) is 51.3 Å². The van der Waals surface area contributed by atoms with Crippen molar-refractivity contribution in [3.8, 4) is 0 Å². The molecule has 106 valence electrons. The Balaban J connectivity index is 1.92. The molecule has 1 aliphatic carbocycles. The van der Waals surface area contributed by atoms with Gasteiger partial charge in [-0.2, -0.15) is 0 Å². The van der Waals surface area contributed by atoms with Crippen molar-refractivity contribution in [3.63, 3.8) is 0 Å². The minimum absolute atomic E-state index is 0.101. The average molecular weight is 267 g/mol. The Morgan fingerprint density at radius 1 is 1.47 bits per heavy atom. The molecular formula is C12H21N5O2. The van der Waals surface area contributed by atoms with E-state index in [-0.39, 0.29) is 24.4 Å². The zero-order chi connectivity index (χ0) is 13.8. The summed E-state index contributed by atoms with van der Waals surface area (Å²) in [5.41, 5.74) is 0. The molecule has 1 saturated carbocycles. The van der Waals surface area contributed by atoms with Crippen LogP contribution in [-0.2, 0) is 11.3 Å². The Morgan fingerprint density at radius 3 is 2.89 bits per heavy atom. The fourth-order valence-corrected chi connectivity index (χ4v) is 2.41. The summed E-state index contributed by atoms with van der Waals surface area (Å²) in [6.45, 7) is 4.06. The van der Waals surface area contributed by atoms with Gasteiger partial charge in [-0.1, -0.05) is 26.7 Å². The van der Waals surface area contributed by atoms with Crippen LogP contribution in [0.15, 0.2) is 0 Å². The molecular weight excluding hydrogens is 246 g/mol. The summed E-state index contributed by atoms with van der Waals surface area (Å²) in [6, 6.07) is -0.139. The lowest BCUT2D eigenvalue weighted by atomic mass is 9.92. The molecule has 2 unspecified atom stereocenters. The summed E-state index contributed by atoms with van der Waals surface area (Å²) in [7, 11) is 0. The molecule has 7 nitrogen and oxygen atoms in total. The average Bonchev–Trinajstić information content (AvgIpc) is 2.80. The van der Waals surface area contributed by atoms with E-state index in [4.69, 9.17) is 0 Å². The van der Waals surface area contributed by atoms with Gasteiger partial charge in [0, 0.05) is 5.92 Å². The summed E-state index contributed by atoms with van der Waals surface area (Å²) < 4.78 is 1.51. The predicted octanol–water partition coefficient (Wildman–Crippen LogP) is 0.216. The van der Waals surface area contributed by atoms with Gasteiger partial charge in [0.2, 0.25) is 5.91 Å². The highest BCUT2D eigenvalue weighted by Crippen LogP contribution is 2.18. The molecule has 2 rings (SSSR count). The predicted molar refractivity (Wildman–Crippen MR) is 68.3 cm³/mol. The lowest BCUT2D eigenvalue weighted by Crippen LogP contribution is -2.46. The van der Waals surface area contributed by atoms with E-state index < -0.39 is 6.10 Å².